The van der Waals surface area contributed by atoms with Gasteiger partial charge < -0.3 is 10.5 Å². The fourth-order valence-corrected chi connectivity index (χ4v) is 5.65. The Labute approximate surface area is 218 Å². The van der Waals surface area contributed by atoms with E-state index < -0.39 is 29.1 Å². The lowest BCUT2D eigenvalue weighted by Gasteiger charge is -2.25. The number of fused-ring (bicyclic) bond motifs is 1. The average molecular weight is 623 g/mol. The van der Waals surface area contributed by atoms with Gasteiger partial charge in [-0.2, -0.15) is 5.26 Å². The minimum Gasteiger partial charge on any atom is -0.463 e. The lowest BCUT2D eigenvalue weighted by Crippen LogP contribution is -2.40. The van der Waals surface area contributed by atoms with Crippen LogP contribution in [0, 0.1) is 23.0 Å². The number of rotatable bonds is 4. The highest BCUT2D eigenvalue weighted by molar-refractivity contribution is 9.10. The third kappa shape index (κ3) is 4.49. The lowest BCUT2D eigenvalue weighted by molar-refractivity contribution is -0.138. The number of carbonyl (C=O) groups is 1. The molecule has 2 N–H and O–H groups in total. The number of ether oxygens (including phenoxy) is 1. The van der Waals surface area contributed by atoms with Crippen molar-refractivity contribution in [1.29, 1.82) is 5.26 Å². The average Bonchev–Trinajstić information content (AvgIpc) is 3.14. The van der Waals surface area contributed by atoms with E-state index in [4.69, 9.17) is 10.5 Å². The van der Waals surface area contributed by atoms with Crippen LogP contribution in [0.25, 0.3) is 17.5 Å². The molecule has 2 aromatic carbocycles. The molecule has 1 aromatic heterocycles. The van der Waals surface area contributed by atoms with Crippen molar-refractivity contribution >= 4 is 66.6 Å². The molecule has 3 aromatic rings. The summed E-state index contributed by atoms with van der Waals surface area (Å²) in [6.07, 6.45) is 1.33. The number of halogens is 4. The van der Waals surface area contributed by atoms with Gasteiger partial charge in [0.05, 0.1) is 34.3 Å². The maximum Gasteiger partial charge on any atom is 0.338 e. The molecule has 0 spiro atoms. The third-order valence-electron chi connectivity index (χ3n) is 5.28. The van der Waals surface area contributed by atoms with Crippen LogP contribution in [0.5, 0.6) is 0 Å². The predicted molar refractivity (Wildman–Crippen MR) is 135 cm³/mol. The van der Waals surface area contributed by atoms with E-state index in [-0.39, 0.29) is 43.9 Å². The normalized spacial score (nSPS) is 15.7. The van der Waals surface area contributed by atoms with E-state index in [1.807, 2.05) is 6.07 Å². The second-order valence-corrected chi connectivity index (χ2v) is 10.2. The summed E-state index contributed by atoms with van der Waals surface area (Å²) in [6.45, 7) is 1.58. The molecule has 0 fully saturated rings. The number of carbonyl (C=O) groups excluding carboxylic acids is 1. The second kappa shape index (κ2) is 9.89. The zero-order valence-corrected chi connectivity index (χ0v) is 21.9. The van der Waals surface area contributed by atoms with Crippen LogP contribution in [-0.4, -0.2) is 17.1 Å². The highest BCUT2D eigenvalue weighted by atomic mass is 79.9. The van der Waals surface area contributed by atoms with Crippen molar-refractivity contribution in [2.24, 2.45) is 5.73 Å². The van der Waals surface area contributed by atoms with E-state index in [0.29, 0.717) is 8.95 Å². The molecule has 35 heavy (non-hydrogen) atoms. The van der Waals surface area contributed by atoms with Gasteiger partial charge in [0.25, 0.3) is 5.56 Å². The van der Waals surface area contributed by atoms with Crippen LogP contribution in [0.15, 0.2) is 55.7 Å². The first-order valence-electron chi connectivity index (χ1n) is 10.1. The molecule has 2 heterocycles. The lowest BCUT2D eigenvalue weighted by atomic mass is 9.83. The van der Waals surface area contributed by atoms with E-state index in [1.54, 1.807) is 6.92 Å². The number of nitrogens with two attached hydrogens (primary N) is 1. The van der Waals surface area contributed by atoms with E-state index in [9.17, 15) is 23.6 Å². The zero-order valence-electron chi connectivity index (χ0n) is 17.9. The van der Waals surface area contributed by atoms with Gasteiger partial charge >= 0.3 is 5.97 Å². The molecule has 0 unspecified atom stereocenters. The van der Waals surface area contributed by atoms with Crippen LogP contribution >= 0.6 is 43.2 Å². The Morgan fingerprint density at radius 1 is 1.23 bits per heavy atom. The van der Waals surface area contributed by atoms with Crippen LogP contribution < -0.4 is 20.5 Å². The Bertz CT molecular complexity index is 1640. The molecule has 0 radical (unpaired) electrons. The summed E-state index contributed by atoms with van der Waals surface area (Å²) in [4.78, 5) is 26.3. The van der Waals surface area contributed by atoms with Crippen molar-refractivity contribution in [2.75, 3.05) is 6.61 Å². The van der Waals surface area contributed by atoms with Crippen molar-refractivity contribution in [1.82, 2.24) is 4.57 Å². The summed E-state index contributed by atoms with van der Waals surface area (Å²) in [5, 5.41) is 10.1. The van der Waals surface area contributed by atoms with Gasteiger partial charge in [-0.05, 0) is 49.4 Å². The highest BCUT2D eigenvalue weighted by Crippen LogP contribution is 2.38. The number of nitrogens with zero attached hydrogens (tertiary/aromatic N) is 2. The molecule has 1 atom stereocenters. The Balaban J connectivity index is 2.12. The number of benzene rings is 2. The first kappa shape index (κ1) is 25.0. The predicted octanol–water partition coefficient (Wildman–Crippen LogP) is 3.70. The van der Waals surface area contributed by atoms with Crippen LogP contribution in [0.4, 0.5) is 8.78 Å². The standard InChI is InChI=1S/C24H15Br2F2N3O3S/c1-2-34-24(33)20-19(14-9-13(26)4-6-17(14)28)15(10-29)23-31(21(20)30)22(32)18(35-23)8-11-7-12(25)3-5-16(11)27/h3-9,19H,2,30H2,1H3/b18-8-/t19-/m0/s1. The van der Waals surface area contributed by atoms with Gasteiger partial charge in [0, 0.05) is 20.1 Å². The summed E-state index contributed by atoms with van der Waals surface area (Å²) in [6, 6.07) is 10.4. The summed E-state index contributed by atoms with van der Waals surface area (Å²) >= 11 is 7.45. The topological polar surface area (TPSA) is 98.1 Å². The molecule has 1 aliphatic heterocycles. The highest BCUT2D eigenvalue weighted by Gasteiger charge is 2.38. The minimum absolute atomic E-state index is 0.00221. The minimum atomic E-state index is -1.22. The van der Waals surface area contributed by atoms with Gasteiger partial charge in [-0.15, -0.1) is 11.3 Å². The summed E-state index contributed by atoms with van der Waals surface area (Å²) in [7, 11) is 0. The monoisotopic (exact) mass is 621 g/mol. The van der Waals surface area contributed by atoms with E-state index >= 15 is 0 Å². The second-order valence-electron chi connectivity index (χ2n) is 7.37. The fourth-order valence-electron chi connectivity index (χ4n) is 3.77. The number of hydrogen-bond acceptors (Lipinski definition) is 6. The van der Waals surface area contributed by atoms with Crippen LogP contribution in [-0.2, 0) is 9.53 Å². The molecule has 1 aliphatic rings. The van der Waals surface area contributed by atoms with Crippen molar-refractivity contribution in [3.8, 4) is 6.07 Å². The van der Waals surface area contributed by atoms with Crippen molar-refractivity contribution in [3.63, 3.8) is 0 Å². The van der Waals surface area contributed by atoms with Crippen molar-refractivity contribution in [2.45, 2.75) is 12.8 Å². The largest absolute Gasteiger partial charge is 0.463 e. The smallest absolute Gasteiger partial charge is 0.338 e. The van der Waals surface area contributed by atoms with Gasteiger partial charge in [-0.1, -0.05) is 31.9 Å². The summed E-state index contributed by atoms with van der Waals surface area (Å²) in [5.41, 5.74) is 5.52. The van der Waals surface area contributed by atoms with Gasteiger partial charge in [-0.25, -0.2) is 13.6 Å². The molecule has 6 nitrogen and oxygen atoms in total. The number of aromatic nitrogens is 1. The Morgan fingerprint density at radius 2 is 1.89 bits per heavy atom. The molecule has 178 valence electrons. The Kier molecular flexibility index (Phi) is 7.07. The van der Waals surface area contributed by atoms with Crippen LogP contribution in [0.3, 0.4) is 0 Å². The van der Waals surface area contributed by atoms with Crippen LogP contribution in [0.2, 0.25) is 0 Å². The fraction of sp³-hybridized carbons (Fsp3) is 0.125. The molecular formula is C24H15Br2F2N3O3S. The molecule has 0 aliphatic carbocycles. The van der Waals surface area contributed by atoms with Crippen molar-refractivity contribution in [3.05, 3.63) is 93.2 Å². The maximum absolute atomic E-state index is 15.0. The quantitative estimate of drug-likeness (QED) is 0.448. The Morgan fingerprint density at radius 3 is 2.54 bits per heavy atom. The molecule has 0 amide bonds. The summed E-state index contributed by atoms with van der Waals surface area (Å²) in [5.74, 6) is -3.61. The van der Waals surface area contributed by atoms with Gasteiger partial charge in [0.2, 0.25) is 0 Å². The van der Waals surface area contributed by atoms with E-state index in [1.165, 1.54) is 42.5 Å². The number of thiazole rings is 1. The van der Waals surface area contributed by atoms with Crippen molar-refractivity contribution < 1.29 is 18.3 Å². The molecular weight excluding hydrogens is 608 g/mol. The van der Waals surface area contributed by atoms with Gasteiger partial charge in [-0.3, -0.25) is 9.36 Å². The first-order valence-corrected chi connectivity index (χ1v) is 12.5. The number of hydrogen-bond donors (Lipinski definition) is 1. The van der Waals surface area contributed by atoms with Crippen LogP contribution in [0.1, 0.15) is 24.0 Å². The van der Waals surface area contributed by atoms with Gasteiger partial charge in [0.15, 0.2) is 0 Å². The zero-order chi connectivity index (χ0) is 25.4. The maximum atomic E-state index is 15.0. The molecule has 0 saturated carbocycles. The molecule has 4 rings (SSSR count). The Hall–Kier alpha value is -3.07. The van der Waals surface area contributed by atoms with E-state index in [2.05, 4.69) is 31.9 Å². The molecule has 11 heteroatoms. The van der Waals surface area contributed by atoms with E-state index in [0.717, 1.165) is 15.9 Å². The SMILES string of the molecule is CCOC(=O)C1=C(N)n2c(s/c(=C\c3cc(Br)ccc3F)c2=O)=C(C#N)[C@@H]1c1cc(Br)ccc1F. The summed E-state index contributed by atoms with van der Waals surface area (Å²) < 4.78 is 36.8. The third-order valence-corrected chi connectivity index (χ3v) is 7.37. The molecule has 0 bridgehead atoms. The first-order chi connectivity index (χ1) is 16.7. The number of esters is 1. The number of nitriles is 1. The van der Waals surface area contributed by atoms with Gasteiger partial charge in [0.1, 0.15) is 22.1 Å². The molecule has 0 saturated heterocycles.